The van der Waals surface area contributed by atoms with Gasteiger partial charge in [-0.15, -0.1) is 0 Å². The van der Waals surface area contributed by atoms with Crippen molar-refractivity contribution in [1.82, 2.24) is 4.98 Å². The number of benzene rings is 1. The Hall–Kier alpha value is -2.71. The summed E-state index contributed by atoms with van der Waals surface area (Å²) < 4.78 is 13.9. The highest BCUT2D eigenvalue weighted by Gasteiger charge is 2.13. The first kappa shape index (κ1) is 14.7. The lowest BCUT2D eigenvalue weighted by atomic mass is 10.1. The molecule has 106 valence electrons. The zero-order chi connectivity index (χ0) is 15.2. The summed E-state index contributed by atoms with van der Waals surface area (Å²) in [5, 5.41) is 11.2. The highest BCUT2D eigenvalue weighted by atomic mass is 19.1. The summed E-state index contributed by atoms with van der Waals surface area (Å²) in [4.78, 5) is 16.1. The van der Waals surface area contributed by atoms with Crippen molar-refractivity contribution < 1.29 is 14.3 Å². The monoisotopic (exact) mass is 284 g/mol. The Morgan fingerprint density at radius 2 is 2.10 bits per heavy atom. The maximum atomic E-state index is 13.9. The standard InChI is InChI=1S/C16H13FN2O2/c1-11-5-2-8-13(15(11)17)16(21)19-14-9-3-6-12(18-14)7-4-10-20/h2-3,5-6,8-9,20H,10H2,1H3,(H,18,19,21). The van der Waals surface area contributed by atoms with Crippen LogP contribution in [-0.2, 0) is 0 Å². The molecule has 0 saturated carbocycles. The van der Waals surface area contributed by atoms with Crippen LogP contribution in [0.15, 0.2) is 36.4 Å². The number of amides is 1. The number of halogens is 1. The van der Waals surface area contributed by atoms with Crippen molar-refractivity contribution in [2.75, 3.05) is 11.9 Å². The Morgan fingerprint density at radius 3 is 2.86 bits per heavy atom. The summed E-state index contributed by atoms with van der Waals surface area (Å²) in [7, 11) is 0. The van der Waals surface area contributed by atoms with Crippen LogP contribution in [0.5, 0.6) is 0 Å². The van der Waals surface area contributed by atoms with Crippen LogP contribution in [0, 0.1) is 24.6 Å². The highest BCUT2D eigenvalue weighted by molar-refractivity contribution is 6.04. The van der Waals surface area contributed by atoms with Gasteiger partial charge in [-0.2, -0.15) is 0 Å². The molecule has 1 aromatic carbocycles. The van der Waals surface area contributed by atoms with E-state index in [0.717, 1.165) is 0 Å². The lowest BCUT2D eigenvalue weighted by Crippen LogP contribution is -2.15. The molecule has 0 fully saturated rings. The van der Waals surface area contributed by atoms with E-state index in [9.17, 15) is 9.18 Å². The summed E-state index contributed by atoms with van der Waals surface area (Å²) in [5.41, 5.74) is 0.772. The molecule has 21 heavy (non-hydrogen) atoms. The highest BCUT2D eigenvalue weighted by Crippen LogP contribution is 2.14. The van der Waals surface area contributed by atoms with E-state index in [1.165, 1.54) is 6.07 Å². The molecule has 1 amide bonds. The van der Waals surface area contributed by atoms with Crippen LogP contribution in [-0.4, -0.2) is 22.6 Å². The van der Waals surface area contributed by atoms with Crippen molar-refractivity contribution in [3.8, 4) is 11.8 Å². The van der Waals surface area contributed by atoms with E-state index in [4.69, 9.17) is 5.11 Å². The fraction of sp³-hybridized carbons (Fsp3) is 0.125. The Kier molecular flexibility index (Phi) is 4.64. The van der Waals surface area contributed by atoms with E-state index in [-0.39, 0.29) is 18.0 Å². The molecule has 0 saturated heterocycles. The summed E-state index contributed by atoms with van der Waals surface area (Å²) in [6.45, 7) is 1.32. The van der Waals surface area contributed by atoms with Gasteiger partial charge in [0.25, 0.3) is 5.91 Å². The van der Waals surface area contributed by atoms with Gasteiger partial charge in [-0.25, -0.2) is 9.37 Å². The maximum absolute atomic E-state index is 13.9. The van der Waals surface area contributed by atoms with Crippen LogP contribution in [0.2, 0.25) is 0 Å². The van der Waals surface area contributed by atoms with Gasteiger partial charge in [-0.05, 0) is 36.6 Å². The molecule has 1 aromatic heterocycles. The summed E-state index contributed by atoms with van der Waals surface area (Å²) in [5.74, 6) is 4.24. The third kappa shape index (κ3) is 3.65. The van der Waals surface area contributed by atoms with Gasteiger partial charge < -0.3 is 10.4 Å². The molecule has 0 spiro atoms. The zero-order valence-electron chi connectivity index (χ0n) is 11.4. The quantitative estimate of drug-likeness (QED) is 0.830. The Labute approximate surface area is 121 Å². The van der Waals surface area contributed by atoms with Crippen molar-refractivity contribution in [2.45, 2.75) is 6.92 Å². The molecule has 2 aromatic rings. The predicted molar refractivity (Wildman–Crippen MR) is 77.3 cm³/mol. The topological polar surface area (TPSA) is 62.2 Å². The number of aliphatic hydroxyl groups excluding tert-OH is 1. The molecule has 1 heterocycles. The molecule has 0 atom stereocenters. The molecule has 0 bridgehead atoms. The molecule has 2 N–H and O–H groups in total. The second kappa shape index (κ2) is 6.64. The number of aliphatic hydroxyl groups is 1. The van der Waals surface area contributed by atoms with E-state index < -0.39 is 11.7 Å². The van der Waals surface area contributed by atoms with Crippen molar-refractivity contribution in [1.29, 1.82) is 0 Å². The maximum Gasteiger partial charge on any atom is 0.259 e. The van der Waals surface area contributed by atoms with Gasteiger partial charge >= 0.3 is 0 Å². The van der Waals surface area contributed by atoms with Crippen molar-refractivity contribution in [2.24, 2.45) is 0 Å². The number of hydrogen-bond acceptors (Lipinski definition) is 3. The number of nitrogens with one attached hydrogen (secondary N) is 1. The minimum atomic E-state index is -0.573. The average Bonchev–Trinajstić information content (AvgIpc) is 2.48. The normalized spacial score (nSPS) is 9.67. The number of pyridine rings is 1. The second-order valence-corrected chi connectivity index (χ2v) is 4.26. The summed E-state index contributed by atoms with van der Waals surface area (Å²) in [6, 6.07) is 9.50. The zero-order valence-corrected chi connectivity index (χ0v) is 11.4. The fourth-order valence-electron chi connectivity index (χ4n) is 1.71. The Balaban J connectivity index is 2.22. The van der Waals surface area contributed by atoms with Gasteiger partial charge in [0, 0.05) is 0 Å². The van der Waals surface area contributed by atoms with Crippen LogP contribution in [0.25, 0.3) is 0 Å². The average molecular weight is 284 g/mol. The SMILES string of the molecule is Cc1cccc(C(=O)Nc2cccc(C#CCO)n2)c1F. The first-order valence-electron chi connectivity index (χ1n) is 6.25. The largest absolute Gasteiger partial charge is 0.384 e. The molecule has 4 nitrogen and oxygen atoms in total. The van der Waals surface area contributed by atoms with Gasteiger partial charge in [0.05, 0.1) is 5.56 Å². The number of carbonyl (C=O) groups is 1. The third-order valence-electron chi connectivity index (χ3n) is 2.72. The lowest BCUT2D eigenvalue weighted by molar-refractivity contribution is 0.102. The summed E-state index contributed by atoms with van der Waals surface area (Å²) in [6.07, 6.45) is 0. The van der Waals surface area contributed by atoms with Crippen molar-refractivity contribution >= 4 is 11.7 Å². The lowest BCUT2D eigenvalue weighted by Gasteiger charge is -2.07. The molecular formula is C16H13FN2O2. The number of nitrogens with zero attached hydrogens (tertiary/aromatic N) is 1. The number of aryl methyl sites for hydroxylation is 1. The number of rotatable bonds is 2. The van der Waals surface area contributed by atoms with Crippen LogP contribution < -0.4 is 5.32 Å². The van der Waals surface area contributed by atoms with Gasteiger partial charge in [0.15, 0.2) is 0 Å². The number of aromatic nitrogens is 1. The minimum Gasteiger partial charge on any atom is -0.384 e. The molecule has 0 aliphatic heterocycles. The second-order valence-electron chi connectivity index (χ2n) is 4.26. The van der Waals surface area contributed by atoms with Gasteiger partial charge in [-0.1, -0.05) is 24.1 Å². The number of carbonyl (C=O) groups excluding carboxylic acids is 1. The van der Waals surface area contributed by atoms with Crippen LogP contribution in [0.3, 0.4) is 0 Å². The Bertz CT molecular complexity index is 733. The van der Waals surface area contributed by atoms with Crippen LogP contribution in [0.4, 0.5) is 10.2 Å². The molecule has 0 radical (unpaired) electrons. The van der Waals surface area contributed by atoms with Crippen molar-refractivity contribution in [3.63, 3.8) is 0 Å². The summed E-state index contributed by atoms with van der Waals surface area (Å²) >= 11 is 0. The van der Waals surface area contributed by atoms with E-state index in [1.54, 1.807) is 37.3 Å². The van der Waals surface area contributed by atoms with E-state index in [1.807, 2.05) is 0 Å². The van der Waals surface area contributed by atoms with Crippen molar-refractivity contribution in [3.05, 3.63) is 59.0 Å². The smallest absolute Gasteiger partial charge is 0.259 e. The van der Waals surface area contributed by atoms with E-state index in [0.29, 0.717) is 11.3 Å². The van der Waals surface area contributed by atoms with Crippen LogP contribution in [0.1, 0.15) is 21.6 Å². The number of hydrogen-bond donors (Lipinski definition) is 2. The Morgan fingerprint density at radius 1 is 1.33 bits per heavy atom. The van der Waals surface area contributed by atoms with Gasteiger partial charge in [-0.3, -0.25) is 4.79 Å². The molecule has 0 unspecified atom stereocenters. The number of anilines is 1. The molecule has 5 heteroatoms. The predicted octanol–water partition coefficient (Wildman–Crippen LogP) is 2.13. The first-order chi connectivity index (χ1) is 10.1. The minimum absolute atomic E-state index is 0.0383. The van der Waals surface area contributed by atoms with Gasteiger partial charge in [0.2, 0.25) is 0 Å². The molecular weight excluding hydrogens is 271 g/mol. The van der Waals surface area contributed by atoms with Gasteiger partial charge in [0.1, 0.15) is 23.9 Å². The molecule has 0 aliphatic carbocycles. The first-order valence-corrected chi connectivity index (χ1v) is 6.25. The molecule has 2 rings (SSSR count). The third-order valence-corrected chi connectivity index (χ3v) is 2.72. The van der Waals surface area contributed by atoms with E-state index in [2.05, 4.69) is 22.1 Å². The fourth-order valence-corrected chi connectivity index (χ4v) is 1.71. The van der Waals surface area contributed by atoms with Crippen LogP contribution >= 0.6 is 0 Å². The van der Waals surface area contributed by atoms with E-state index >= 15 is 0 Å². The molecule has 0 aliphatic rings.